The van der Waals surface area contributed by atoms with Gasteiger partial charge in [-0.1, -0.05) is 18.2 Å². The van der Waals surface area contributed by atoms with Crippen LogP contribution in [0.25, 0.3) is 6.08 Å². The first-order valence-electron chi connectivity index (χ1n) is 8.29. The largest absolute Gasteiger partial charge is 0.508 e. The Kier molecular flexibility index (Phi) is 5.04. The fourth-order valence-corrected chi connectivity index (χ4v) is 3.78. The van der Waals surface area contributed by atoms with Gasteiger partial charge in [0.2, 0.25) is 0 Å². The maximum Gasteiger partial charge on any atom is 0.266 e. The van der Waals surface area contributed by atoms with Crippen LogP contribution < -0.4 is 0 Å². The van der Waals surface area contributed by atoms with E-state index in [1.165, 1.54) is 23.9 Å². The minimum Gasteiger partial charge on any atom is -0.508 e. The molecule has 26 heavy (non-hydrogen) atoms. The van der Waals surface area contributed by atoms with Gasteiger partial charge in [0, 0.05) is 18.2 Å². The van der Waals surface area contributed by atoms with Crippen LogP contribution in [0.5, 0.6) is 11.5 Å². The van der Waals surface area contributed by atoms with Crippen molar-refractivity contribution < 1.29 is 15.0 Å². The number of carbonyl (C=O) groups excluding carboxylic acids is 1. The summed E-state index contributed by atoms with van der Waals surface area (Å²) in [6.45, 7) is 6.40. The fraction of sp³-hybridized carbons (Fsp3) is 0.200. The summed E-state index contributed by atoms with van der Waals surface area (Å²) in [5.41, 5.74) is 3.45. The van der Waals surface area contributed by atoms with Gasteiger partial charge in [-0.25, -0.2) is 4.99 Å². The zero-order chi connectivity index (χ0) is 18.8. The molecule has 0 radical (unpaired) electrons. The van der Waals surface area contributed by atoms with Crippen LogP contribution in [0, 0.1) is 13.8 Å². The third-order valence-electron chi connectivity index (χ3n) is 4.15. The lowest BCUT2D eigenvalue weighted by Gasteiger charge is -2.13. The molecule has 1 amide bonds. The molecule has 1 heterocycles. The maximum atomic E-state index is 12.7. The summed E-state index contributed by atoms with van der Waals surface area (Å²) in [5.74, 6) is -0.244. The van der Waals surface area contributed by atoms with Gasteiger partial charge >= 0.3 is 0 Å². The van der Waals surface area contributed by atoms with Gasteiger partial charge in [0.15, 0.2) is 5.17 Å². The standard InChI is InChI=1S/C20H20N2O3S/c1-4-22-19(25)17(10-14-8-9-15(23)11-16(14)24)26-20(22)21-18-12(2)6-5-7-13(18)3/h5-11,23-24H,4H2,1-3H3/b17-10+,21-20?. The summed E-state index contributed by atoms with van der Waals surface area (Å²) in [5, 5.41) is 20.0. The summed E-state index contributed by atoms with van der Waals surface area (Å²) >= 11 is 1.29. The molecule has 0 atom stereocenters. The van der Waals surface area contributed by atoms with Crippen LogP contribution in [-0.2, 0) is 4.79 Å². The Morgan fingerprint density at radius 1 is 1.15 bits per heavy atom. The Labute approximate surface area is 156 Å². The summed E-state index contributed by atoms with van der Waals surface area (Å²) in [6, 6.07) is 10.3. The van der Waals surface area contributed by atoms with Crippen molar-refractivity contribution in [2.75, 3.05) is 6.54 Å². The first kappa shape index (κ1) is 18.1. The van der Waals surface area contributed by atoms with E-state index in [1.54, 1.807) is 17.0 Å². The molecule has 2 aromatic carbocycles. The van der Waals surface area contributed by atoms with Gasteiger partial charge in [0.1, 0.15) is 11.5 Å². The highest BCUT2D eigenvalue weighted by atomic mass is 32.2. The van der Waals surface area contributed by atoms with E-state index in [4.69, 9.17) is 4.99 Å². The topological polar surface area (TPSA) is 73.1 Å². The highest BCUT2D eigenvalue weighted by Gasteiger charge is 2.32. The number of para-hydroxylation sites is 1. The lowest BCUT2D eigenvalue weighted by molar-refractivity contribution is -0.122. The average molecular weight is 368 g/mol. The molecule has 0 bridgehead atoms. The van der Waals surface area contributed by atoms with E-state index in [-0.39, 0.29) is 17.4 Å². The number of phenols is 2. The fourth-order valence-electron chi connectivity index (χ4n) is 2.74. The van der Waals surface area contributed by atoms with E-state index < -0.39 is 0 Å². The molecular formula is C20H20N2O3S. The molecule has 0 unspecified atom stereocenters. The number of thioether (sulfide) groups is 1. The number of amidine groups is 1. The number of aliphatic imine (C=N–C) groups is 1. The molecule has 2 aromatic rings. The molecule has 0 saturated carbocycles. The van der Waals surface area contributed by atoms with Crippen LogP contribution in [0.4, 0.5) is 5.69 Å². The number of amides is 1. The quantitative estimate of drug-likeness (QED) is 0.791. The lowest BCUT2D eigenvalue weighted by atomic mass is 10.1. The molecule has 6 heteroatoms. The van der Waals surface area contributed by atoms with E-state index in [0.29, 0.717) is 22.2 Å². The molecule has 1 aliphatic rings. The molecule has 134 valence electrons. The summed E-state index contributed by atoms with van der Waals surface area (Å²) in [7, 11) is 0. The number of benzene rings is 2. The number of nitrogens with zero attached hydrogens (tertiary/aromatic N) is 2. The second-order valence-electron chi connectivity index (χ2n) is 6.04. The van der Waals surface area contributed by atoms with Gasteiger partial charge in [0.05, 0.1) is 10.6 Å². The highest BCUT2D eigenvalue weighted by molar-refractivity contribution is 8.18. The van der Waals surface area contributed by atoms with Crippen LogP contribution in [0.2, 0.25) is 0 Å². The minimum absolute atomic E-state index is 0.0254. The van der Waals surface area contributed by atoms with Crippen LogP contribution in [-0.4, -0.2) is 32.7 Å². The van der Waals surface area contributed by atoms with Gasteiger partial charge < -0.3 is 10.2 Å². The number of aryl methyl sites for hydroxylation is 2. The highest BCUT2D eigenvalue weighted by Crippen LogP contribution is 2.36. The molecule has 0 aromatic heterocycles. The van der Waals surface area contributed by atoms with Gasteiger partial charge in [0.25, 0.3) is 5.91 Å². The van der Waals surface area contributed by atoms with Crippen molar-refractivity contribution in [2.24, 2.45) is 4.99 Å². The number of aromatic hydroxyl groups is 2. The normalized spacial score (nSPS) is 17.5. The smallest absolute Gasteiger partial charge is 0.266 e. The second kappa shape index (κ2) is 7.25. The molecule has 0 aliphatic carbocycles. The molecule has 0 spiro atoms. The van der Waals surface area contributed by atoms with E-state index in [0.717, 1.165) is 16.8 Å². The third-order valence-corrected chi connectivity index (χ3v) is 5.16. The molecule has 5 nitrogen and oxygen atoms in total. The Morgan fingerprint density at radius 2 is 1.85 bits per heavy atom. The van der Waals surface area contributed by atoms with E-state index in [2.05, 4.69) is 0 Å². The molecule has 1 aliphatic heterocycles. The summed E-state index contributed by atoms with van der Waals surface area (Å²) in [6.07, 6.45) is 1.62. The van der Waals surface area contributed by atoms with Crippen LogP contribution in [0.15, 0.2) is 46.3 Å². The van der Waals surface area contributed by atoms with Gasteiger partial charge in [-0.05, 0) is 61.9 Å². The first-order chi connectivity index (χ1) is 12.4. The zero-order valence-corrected chi connectivity index (χ0v) is 15.7. The number of hydrogen-bond acceptors (Lipinski definition) is 5. The van der Waals surface area contributed by atoms with Crippen LogP contribution >= 0.6 is 11.8 Å². The van der Waals surface area contributed by atoms with Gasteiger partial charge in [-0.15, -0.1) is 0 Å². The van der Waals surface area contributed by atoms with Crippen LogP contribution in [0.1, 0.15) is 23.6 Å². The summed E-state index contributed by atoms with van der Waals surface area (Å²) < 4.78 is 0. The lowest BCUT2D eigenvalue weighted by Crippen LogP contribution is -2.28. The van der Waals surface area contributed by atoms with E-state index in [1.807, 2.05) is 39.0 Å². The molecule has 1 fully saturated rings. The molecular weight excluding hydrogens is 348 g/mol. The van der Waals surface area contributed by atoms with Crippen molar-refractivity contribution in [1.29, 1.82) is 0 Å². The summed E-state index contributed by atoms with van der Waals surface area (Å²) in [4.78, 5) is 19.6. The van der Waals surface area contributed by atoms with E-state index in [9.17, 15) is 15.0 Å². The third kappa shape index (κ3) is 3.46. The zero-order valence-electron chi connectivity index (χ0n) is 14.9. The predicted molar refractivity (Wildman–Crippen MR) is 106 cm³/mol. The molecule has 1 saturated heterocycles. The number of carbonyl (C=O) groups is 1. The Morgan fingerprint density at radius 3 is 2.46 bits per heavy atom. The first-order valence-corrected chi connectivity index (χ1v) is 9.10. The van der Waals surface area contributed by atoms with Crippen molar-refractivity contribution in [1.82, 2.24) is 4.90 Å². The minimum atomic E-state index is -0.144. The van der Waals surface area contributed by atoms with Crippen molar-refractivity contribution in [3.8, 4) is 11.5 Å². The van der Waals surface area contributed by atoms with Crippen LogP contribution in [0.3, 0.4) is 0 Å². The SMILES string of the molecule is CCN1C(=O)/C(=C\c2ccc(O)cc2O)SC1=Nc1c(C)cccc1C. The Hall–Kier alpha value is -2.73. The Bertz CT molecular complexity index is 914. The van der Waals surface area contributed by atoms with Gasteiger partial charge in [-0.2, -0.15) is 0 Å². The Balaban J connectivity index is 2.01. The molecule has 2 N–H and O–H groups in total. The molecule has 3 rings (SSSR count). The average Bonchev–Trinajstić information content (AvgIpc) is 2.88. The second-order valence-corrected chi connectivity index (χ2v) is 7.05. The maximum absolute atomic E-state index is 12.7. The predicted octanol–water partition coefficient (Wildman–Crippen LogP) is 4.34. The monoisotopic (exact) mass is 368 g/mol. The number of hydrogen-bond donors (Lipinski definition) is 2. The van der Waals surface area contributed by atoms with Crippen molar-refractivity contribution >= 4 is 34.6 Å². The van der Waals surface area contributed by atoms with Crippen molar-refractivity contribution in [2.45, 2.75) is 20.8 Å². The van der Waals surface area contributed by atoms with Gasteiger partial charge in [-0.3, -0.25) is 9.69 Å². The number of phenolic OH excluding ortho intramolecular Hbond substituents is 2. The van der Waals surface area contributed by atoms with Crippen molar-refractivity contribution in [3.05, 3.63) is 58.0 Å². The van der Waals surface area contributed by atoms with E-state index >= 15 is 0 Å². The number of likely N-dealkylation sites (N-methyl/N-ethyl adjacent to an activating group) is 1. The van der Waals surface area contributed by atoms with Crippen molar-refractivity contribution in [3.63, 3.8) is 0 Å². The number of rotatable bonds is 3.